The van der Waals surface area contributed by atoms with Gasteiger partial charge in [-0.25, -0.2) is 0 Å². The predicted octanol–water partition coefficient (Wildman–Crippen LogP) is 3.86. The summed E-state index contributed by atoms with van der Waals surface area (Å²) < 4.78 is 0. The van der Waals surface area contributed by atoms with E-state index in [1.807, 2.05) is 0 Å². The average molecular weight is 483 g/mol. The molecular weight excluding hydrogens is 452 g/mol. The number of aliphatic hydroxyl groups excluding tert-OH is 2. The lowest BCUT2D eigenvalue weighted by Crippen LogP contribution is -2.33. The molecule has 35 heavy (non-hydrogen) atoms. The van der Waals surface area contributed by atoms with Gasteiger partial charge in [0, 0.05) is 16.5 Å². The summed E-state index contributed by atoms with van der Waals surface area (Å²) in [5.74, 6) is -2.09. The van der Waals surface area contributed by atoms with Gasteiger partial charge in [-0.3, -0.25) is 0 Å². The van der Waals surface area contributed by atoms with Gasteiger partial charge in [-0.2, -0.15) is 0 Å². The lowest BCUT2D eigenvalue weighted by molar-refractivity contribution is 0.262. The van der Waals surface area contributed by atoms with Gasteiger partial charge < -0.3 is 40.9 Å². The SMILES string of the molecule is Cc1cc(C2(c3cc(O)c(O)c(O)c3)CCC(c3cc(CO)c(O)c(CO)c3)CC2)cc(O)c1O. The molecule has 0 bridgehead atoms. The number of hydrogen-bond donors (Lipinski definition) is 8. The van der Waals surface area contributed by atoms with E-state index in [0.29, 0.717) is 53.5 Å². The minimum atomic E-state index is -0.744. The molecule has 1 fully saturated rings. The Balaban J connectivity index is 1.79. The largest absolute Gasteiger partial charge is 0.507 e. The molecule has 8 nitrogen and oxygen atoms in total. The van der Waals surface area contributed by atoms with Gasteiger partial charge in [-0.05, 0) is 91.1 Å². The van der Waals surface area contributed by atoms with E-state index in [-0.39, 0.29) is 36.4 Å². The van der Waals surface area contributed by atoms with Crippen molar-refractivity contribution in [2.24, 2.45) is 0 Å². The van der Waals surface area contributed by atoms with Crippen molar-refractivity contribution in [2.75, 3.05) is 0 Å². The third-order valence-corrected chi connectivity index (χ3v) is 7.40. The molecule has 0 atom stereocenters. The molecule has 0 amide bonds. The second-order valence-corrected chi connectivity index (χ2v) is 9.38. The Hall–Kier alpha value is -3.62. The fourth-order valence-electron chi connectivity index (χ4n) is 5.37. The molecule has 1 aliphatic carbocycles. The van der Waals surface area contributed by atoms with Crippen LogP contribution in [0.2, 0.25) is 0 Å². The Bertz CT molecular complexity index is 1130. The molecule has 0 spiro atoms. The number of phenols is 6. The smallest absolute Gasteiger partial charge is 0.200 e. The molecule has 1 aliphatic rings. The van der Waals surface area contributed by atoms with Crippen molar-refractivity contribution in [3.63, 3.8) is 0 Å². The molecule has 0 aliphatic heterocycles. The highest BCUT2D eigenvalue weighted by Gasteiger charge is 2.40. The van der Waals surface area contributed by atoms with Crippen LogP contribution in [0.3, 0.4) is 0 Å². The molecule has 0 unspecified atom stereocenters. The van der Waals surface area contributed by atoms with E-state index in [1.54, 1.807) is 25.1 Å². The van der Waals surface area contributed by atoms with E-state index in [0.717, 1.165) is 5.56 Å². The lowest BCUT2D eigenvalue weighted by atomic mass is 9.62. The second-order valence-electron chi connectivity index (χ2n) is 9.38. The van der Waals surface area contributed by atoms with Crippen LogP contribution >= 0.6 is 0 Å². The summed E-state index contributed by atoms with van der Waals surface area (Å²) in [4.78, 5) is 0. The number of rotatable bonds is 5. The van der Waals surface area contributed by atoms with E-state index in [2.05, 4.69) is 0 Å². The molecule has 8 N–H and O–H groups in total. The highest BCUT2D eigenvalue weighted by atomic mass is 16.3. The maximum absolute atomic E-state index is 10.3. The van der Waals surface area contributed by atoms with Gasteiger partial charge in [-0.15, -0.1) is 0 Å². The van der Waals surface area contributed by atoms with Crippen molar-refractivity contribution >= 4 is 0 Å². The summed E-state index contributed by atoms with van der Waals surface area (Å²) >= 11 is 0. The molecule has 0 radical (unpaired) electrons. The second kappa shape index (κ2) is 9.20. The highest BCUT2D eigenvalue weighted by Crippen LogP contribution is 2.53. The van der Waals surface area contributed by atoms with E-state index in [4.69, 9.17) is 0 Å². The molecule has 0 heterocycles. The van der Waals surface area contributed by atoms with Gasteiger partial charge >= 0.3 is 0 Å². The van der Waals surface area contributed by atoms with Gasteiger partial charge in [0.05, 0.1) is 13.2 Å². The van der Waals surface area contributed by atoms with Gasteiger partial charge in [0.25, 0.3) is 0 Å². The summed E-state index contributed by atoms with van der Waals surface area (Å²) in [6, 6.07) is 9.54. The summed E-state index contributed by atoms with van der Waals surface area (Å²) in [6.45, 7) is 0.954. The van der Waals surface area contributed by atoms with Crippen LogP contribution in [0.15, 0.2) is 36.4 Å². The minimum Gasteiger partial charge on any atom is -0.507 e. The van der Waals surface area contributed by atoms with E-state index in [1.165, 1.54) is 18.2 Å². The lowest BCUT2D eigenvalue weighted by Gasteiger charge is -2.42. The Morgan fingerprint density at radius 3 is 1.57 bits per heavy atom. The first-order chi connectivity index (χ1) is 16.6. The van der Waals surface area contributed by atoms with Gasteiger partial charge in [0.2, 0.25) is 0 Å². The number of phenolic OH excluding ortho intramolecular Hbond substituents is 5. The van der Waals surface area contributed by atoms with Crippen molar-refractivity contribution in [1.29, 1.82) is 0 Å². The fourth-order valence-corrected chi connectivity index (χ4v) is 5.37. The number of aryl methyl sites for hydroxylation is 1. The summed E-state index contributed by atoms with van der Waals surface area (Å²) in [5, 5.41) is 80.3. The molecular formula is C27H30O8. The van der Waals surface area contributed by atoms with Crippen LogP contribution in [0.1, 0.15) is 65.0 Å². The topological polar surface area (TPSA) is 162 Å². The van der Waals surface area contributed by atoms with Crippen molar-refractivity contribution in [2.45, 2.75) is 57.2 Å². The van der Waals surface area contributed by atoms with Gasteiger partial charge in [0.15, 0.2) is 28.7 Å². The Kier molecular flexibility index (Phi) is 6.44. The quantitative estimate of drug-likeness (QED) is 0.254. The Morgan fingerprint density at radius 2 is 1.11 bits per heavy atom. The van der Waals surface area contributed by atoms with Crippen LogP contribution in [-0.2, 0) is 18.6 Å². The first kappa shape index (κ1) is 24.5. The van der Waals surface area contributed by atoms with Crippen LogP contribution in [-0.4, -0.2) is 40.9 Å². The average Bonchev–Trinajstić information content (AvgIpc) is 2.85. The molecule has 0 aromatic heterocycles. The van der Waals surface area contributed by atoms with Crippen molar-refractivity contribution in [1.82, 2.24) is 0 Å². The molecule has 1 saturated carbocycles. The standard InChI is InChI=1S/C27H30O8/c1-14-6-19(9-21(30)24(14)33)27(20-10-22(31)26(35)23(32)11-20)4-2-15(3-5-27)16-7-17(12-28)25(34)18(8-16)13-29/h6-11,15,28-35H,2-5,12-13H2,1H3. The molecule has 3 aromatic carbocycles. The Morgan fingerprint density at radius 1 is 0.657 bits per heavy atom. The number of hydrogen-bond acceptors (Lipinski definition) is 8. The summed E-state index contributed by atoms with van der Waals surface area (Å²) in [5.41, 5.74) is 2.56. The summed E-state index contributed by atoms with van der Waals surface area (Å²) in [6.07, 6.45) is 2.36. The number of benzene rings is 3. The first-order valence-electron chi connectivity index (χ1n) is 11.5. The molecule has 4 rings (SSSR count). The highest BCUT2D eigenvalue weighted by molar-refractivity contribution is 5.57. The molecule has 8 heteroatoms. The molecule has 186 valence electrons. The van der Waals surface area contributed by atoms with Crippen molar-refractivity contribution in [3.05, 3.63) is 69.8 Å². The van der Waals surface area contributed by atoms with E-state index < -0.39 is 22.7 Å². The fraction of sp³-hybridized carbons (Fsp3) is 0.333. The zero-order valence-corrected chi connectivity index (χ0v) is 19.4. The zero-order chi connectivity index (χ0) is 25.5. The first-order valence-corrected chi connectivity index (χ1v) is 11.5. The molecule has 0 saturated heterocycles. The third kappa shape index (κ3) is 4.19. The number of aliphatic hydroxyl groups is 2. The van der Waals surface area contributed by atoms with Crippen LogP contribution in [0.4, 0.5) is 0 Å². The van der Waals surface area contributed by atoms with Crippen LogP contribution in [0.5, 0.6) is 34.5 Å². The monoisotopic (exact) mass is 482 g/mol. The van der Waals surface area contributed by atoms with Gasteiger partial charge in [-0.1, -0.05) is 6.07 Å². The summed E-state index contributed by atoms with van der Waals surface area (Å²) in [7, 11) is 0. The maximum Gasteiger partial charge on any atom is 0.200 e. The van der Waals surface area contributed by atoms with Crippen molar-refractivity contribution in [3.8, 4) is 34.5 Å². The predicted molar refractivity (Wildman–Crippen MR) is 128 cm³/mol. The van der Waals surface area contributed by atoms with E-state index in [9.17, 15) is 40.9 Å². The molecule has 3 aromatic rings. The van der Waals surface area contributed by atoms with Gasteiger partial charge in [0.1, 0.15) is 5.75 Å². The number of aromatic hydroxyl groups is 6. The normalized spacial score (nSPS) is 20.1. The van der Waals surface area contributed by atoms with Crippen LogP contribution in [0.25, 0.3) is 0 Å². The van der Waals surface area contributed by atoms with E-state index >= 15 is 0 Å². The van der Waals surface area contributed by atoms with Crippen molar-refractivity contribution < 1.29 is 40.9 Å². The van der Waals surface area contributed by atoms with Crippen LogP contribution < -0.4 is 0 Å². The Labute approximate surface area is 202 Å². The maximum atomic E-state index is 10.3. The minimum absolute atomic E-state index is 0.0467. The van der Waals surface area contributed by atoms with Crippen LogP contribution in [0, 0.1) is 6.92 Å². The third-order valence-electron chi connectivity index (χ3n) is 7.40. The zero-order valence-electron chi connectivity index (χ0n) is 19.4.